The molecule has 0 aliphatic rings. The number of Topliss-reactive ketones (excluding diaryl/α,β-unsaturated/α-hetero) is 1. The van der Waals surface area contributed by atoms with Crippen LogP contribution in [0.25, 0.3) is 0 Å². The zero-order valence-corrected chi connectivity index (χ0v) is 11.7. The Labute approximate surface area is 114 Å². The molecular weight excluding hydrogens is 240 g/mol. The Balaban J connectivity index is 2.30. The summed E-state index contributed by atoms with van der Waals surface area (Å²) >= 11 is 0. The van der Waals surface area contributed by atoms with Crippen LogP contribution < -0.4 is 10.6 Å². The highest BCUT2D eigenvalue weighted by Gasteiger charge is 2.03. The van der Waals surface area contributed by atoms with E-state index in [9.17, 15) is 9.59 Å². The Bertz CT molecular complexity index is 413. The van der Waals surface area contributed by atoms with E-state index in [2.05, 4.69) is 10.6 Å². The van der Waals surface area contributed by atoms with Crippen LogP contribution >= 0.6 is 0 Å². The Morgan fingerprint density at radius 3 is 2.32 bits per heavy atom. The third-order valence-corrected chi connectivity index (χ3v) is 2.91. The van der Waals surface area contributed by atoms with Crippen LogP contribution in [-0.2, 0) is 4.79 Å². The van der Waals surface area contributed by atoms with Crippen LogP contribution in [0.15, 0.2) is 24.3 Å². The molecule has 0 saturated carbocycles. The van der Waals surface area contributed by atoms with E-state index in [1.165, 1.54) is 6.92 Å². The fraction of sp³-hybridized carbons (Fsp3) is 0.467. The Kier molecular flexibility index (Phi) is 6.82. The van der Waals surface area contributed by atoms with Gasteiger partial charge in [0.2, 0.25) is 5.91 Å². The highest BCUT2D eigenvalue weighted by atomic mass is 16.1. The first-order valence-electron chi connectivity index (χ1n) is 6.69. The number of unbranched alkanes of at least 4 members (excludes halogenated alkanes) is 2. The van der Waals surface area contributed by atoms with Gasteiger partial charge in [0.05, 0.1) is 0 Å². The SMILES string of the molecule is CNCCCCCC(=O)Nc1ccc(C(C)=O)cc1. The molecule has 1 rings (SSSR count). The second kappa shape index (κ2) is 8.43. The quantitative estimate of drug-likeness (QED) is 0.559. The normalized spacial score (nSPS) is 10.2. The maximum absolute atomic E-state index is 11.7. The van der Waals surface area contributed by atoms with E-state index >= 15 is 0 Å². The van der Waals surface area contributed by atoms with Crippen LogP contribution in [-0.4, -0.2) is 25.3 Å². The van der Waals surface area contributed by atoms with Gasteiger partial charge in [0.25, 0.3) is 0 Å². The van der Waals surface area contributed by atoms with Gasteiger partial charge in [-0.25, -0.2) is 0 Å². The van der Waals surface area contributed by atoms with E-state index in [0.29, 0.717) is 12.0 Å². The fourth-order valence-corrected chi connectivity index (χ4v) is 1.78. The molecule has 19 heavy (non-hydrogen) atoms. The van der Waals surface area contributed by atoms with Gasteiger partial charge < -0.3 is 10.6 Å². The van der Waals surface area contributed by atoms with Gasteiger partial charge in [-0.1, -0.05) is 6.42 Å². The number of hydrogen-bond donors (Lipinski definition) is 2. The predicted molar refractivity (Wildman–Crippen MR) is 77.5 cm³/mol. The summed E-state index contributed by atoms with van der Waals surface area (Å²) in [4.78, 5) is 22.8. The summed E-state index contributed by atoms with van der Waals surface area (Å²) in [6.07, 6.45) is 3.59. The second-order valence-electron chi connectivity index (χ2n) is 4.60. The van der Waals surface area contributed by atoms with E-state index < -0.39 is 0 Å². The number of carbonyl (C=O) groups is 2. The molecule has 0 aliphatic heterocycles. The number of ketones is 1. The van der Waals surface area contributed by atoms with E-state index in [-0.39, 0.29) is 11.7 Å². The van der Waals surface area contributed by atoms with Gasteiger partial charge in [-0.2, -0.15) is 0 Å². The number of benzene rings is 1. The van der Waals surface area contributed by atoms with Crippen molar-refractivity contribution in [2.75, 3.05) is 18.9 Å². The van der Waals surface area contributed by atoms with Crippen molar-refractivity contribution in [1.82, 2.24) is 5.32 Å². The smallest absolute Gasteiger partial charge is 0.224 e. The largest absolute Gasteiger partial charge is 0.326 e. The van der Waals surface area contributed by atoms with Gasteiger partial charge in [0.15, 0.2) is 5.78 Å². The maximum atomic E-state index is 11.7. The van der Waals surface area contributed by atoms with E-state index in [1.807, 2.05) is 7.05 Å². The maximum Gasteiger partial charge on any atom is 0.224 e. The third kappa shape index (κ3) is 6.15. The van der Waals surface area contributed by atoms with Crippen LogP contribution in [0.4, 0.5) is 5.69 Å². The van der Waals surface area contributed by atoms with E-state index in [4.69, 9.17) is 0 Å². The summed E-state index contributed by atoms with van der Waals surface area (Å²) in [5, 5.41) is 5.92. The van der Waals surface area contributed by atoms with Crippen molar-refractivity contribution in [2.24, 2.45) is 0 Å². The monoisotopic (exact) mass is 262 g/mol. The summed E-state index contributed by atoms with van der Waals surface area (Å²) < 4.78 is 0. The zero-order chi connectivity index (χ0) is 14.1. The van der Waals surface area contributed by atoms with Gasteiger partial charge in [-0.3, -0.25) is 9.59 Å². The molecule has 0 radical (unpaired) electrons. The summed E-state index contributed by atoms with van der Waals surface area (Å²) in [6.45, 7) is 2.52. The highest BCUT2D eigenvalue weighted by molar-refractivity contribution is 5.95. The molecule has 1 aromatic rings. The van der Waals surface area contributed by atoms with Gasteiger partial charge in [0, 0.05) is 17.7 Å². The molecule has 4 heteroatoms. The first-order valence-corrected chi connectivity index (χ1v) is 6.69. The van der Waals surface area contributed by atoms with Crippen LogP contribution in [0.2, 0.25) is 0 Å². The molecule has 0 atom stereocenters. The minimum Gasteiger partial charge on any atom is -0.326 e. The standard InChI is InChI=1S/C15H22N2O2/c1-12(18)13-7-9-14(10-8-13)17-15(19)6-4-3-5-11-16-2/h7-10,16H,3-6,11H2,1-2H3,(H,17,19). The summed E-state index contributed by atoms with van der Waals surface area (Å²) in [6, 6.07) is 6.97. The van der Waals surface area contributed by atoms with Crippen molar-refractivity contribution in [3.05, 3.63) is 29.8 Å². The molecule has 2 N–H and O–H groups in total. The lowest BCUT2D eigenvalue weighted by atomic mass is 10.1. The third-order valence-electron chi connectivity index (χ3n) is 2.91. The van der Waals surface area contributed by atoms with Crippen LogP contribution in [0.1, 0.15) is 43.0 Å². The number of carbonyl (C=O) groups excluding carboxylic acids is 2. The van der Waals surface area contributed by atoms with Gasteiger partial charge in [0.1, 0.15) is 0 Å². The van der Waals surface area contributed by atoms with Crippen molar-refractivity contribution in [1.29, 1.82) is 0 Å². The number of hydrogen-bond acceptors (Lipinski definition) is 3. The molecule has 0 aromatic heterocycles. The van der Waals surface area contributed by atoms with Crippen LogP contribution in [0, 0.1) is 0 Å². The predicted octanol–water partition coefficient (Wildman–Crippen LogP) is 2.61. The number of amides is 1. The molecule has 0 saturated heterocycles. The molecular formula is C15H22N2O2. The zero-order valence-electron chi connectivity index (χ0n) is 11.7. The van der Waals surface area contributed by atoms with Crippen molar-refractivity contribution >= 4 is 17.4 Å². The van der Waals surface area contributed by atoms with Gasteiger partial charge in [-0.05, 0) is 57.6 Å². The average molecular weight is 262 g/mol. The molecule has 0 aliphatic carbocycles. The lowest BCUT2D eigenvalue weighted by molar-refractivity contribution is -0.116. The molecule has 0 unspecified atom stereocenters. The van der Waals surface area contributed by atoms with Crippen LogP contribution in [0.3, 0.4) is 0 Å². The highest BCUT2D eigenvalue weighted by Crippen LogP contribution is 2.11. The first-order chi connectivity index (χ1) is 9.13. The number of nitrogens with one attached hydrogen (secondary N) is 2. The van der Waals surface area contributed by atoms with Gasteiger partial charge >= 0.3 is 0 Å². The Hall–Kier alpha value is -1.68. The average Bonchev–Trinajstić information content (AvgIpc) is 2.39. The van der Waals surface area contributed by atoms with Crippen LogP contribution in [0.5, 0.6) is 0 Å². The molecule has 1 aromatic carbocycles. The number of anilines is 1. The molecule has 0 spiro atoms. The fourth-order valence-electron chi connectivity index (χ4n) is 1.78. The van der Waals surface area contributed by atoms with E-state index in [1.54, 1.807) is 24.3 Å². The minimum atomic E-state index is 0.0278. The van der Waals surface area contributed by atoms with Gasteiger partial charge in [-0.15, -0.1) is 0 Å². The Morgan fingerprint density at radius 1 is 1.05 bits per heavy atom. The molecule has 0 heterocycles. The summed E-state index contributed by atoms with van der Waals surface area (Å²) in [5.74, 6) is 0.0578. The van der Waals surface area contributed by atoms with Crippen molar-refractivity contribution in [3.63, 3.8) is 0 Å². The minimum absolute atomic E-state index is 0.0278. The first kappa shape index (κ1) is 15.4. The Morgan fingerprint density at radius 2 is 1.74 bits per heavy atom. The van der Waals surface area contributed by atoms with Crippen molar-refractivity contribution in [3.8, 4) is 0 Å². The molecule has 0 bridgehead atoms. The molecule has 4 nitrogen and oxygen atoms in total. The molecule has 104 valence electrons. The second-order valence-corrected chi connectivity index (χ2v) is 4.60. The van der Waals surface area contributed by atoms with Crippen molar-refractivity contribution in [2.45, 2.75) is 32.6 Å². The van der Waals surface area contributed by atoms with E-state index in [0.717, 1.165) is 31.5 Å². The van der Waals surface area contributed by atoms with Crippen molar-refractivity contribution < 1.29 is 9.59 Å². The molecule has 1 amide bonds. The topological polar surface area (TPSA) is 58.2 Å². The summed E-state index contributed by atoms with van der Waals surface area (Å²) in [7, 11) is 1.93. The molecule has 0 fully saturated rings. The lowest BCUT2D eigenvalue weighted by Crippen LogP contribution is -2.12. The number of rotatable bonds is 8. The lowest BCUT2D eigenvalue weighted by Gasteiger charge is -2.06. The summed E-state index contributed by atoms with van der Waals surface area (Å²) in [5.41, 5.74) is 1.40.